The largest absolute Gasteiger partial charge is 0.383 e. The molecule has 0 aliphatic heterocycles. The van der Waals surface area contributed by atoms with Crippen LogP contribution in [0.4, 0.5) is 0 Å². The first-order chi connectivity index (χ1) is 6.61. The number of methoxy groups -OCH3 is 1. The maximum atomic E-state index is 5.73. The van der Waals surface area contributed by atoms with E-state index in [0.29, 0.717) is 13.2 Å². The quantitative estimate of drug-likeness (QED) is 0.644. The van der Waals surface area contributed by atoms with Crippen LogP contribution in [0, 0.1) is 11.8 Å². The second-order valence-corrected chi connectivity index (χ2v) is 4.89. The van der Waals surface area contributed by atoms with Crippen LogP contribution in [0.15, 0.2) is 0 Å². The summed E-state index contributed by atoms with van der Waals surface area (Å²) in [4.78, 5) is 0. The molecule has 0 bridgehead atoms. The predicted molar refractivity (Wildman–Crippen MR) is 59.2 cm³/mol. The Morgan fingerprint density at radius 3 is 2.64 bits per heavy atom. The summed E-state index contributed by atoms with van der Waals surface area (Å²) in [5, 5.41) is 3.52. The van der Waals surface area contributed by atoms with Gasteiger partial charge >= 0.3 is 0 Å². The molecule has 3 N–H and O–H groups in total. The van der Waals surface area contributed by atoms with Crippen LogP contribution in [0.5, 0.6) is 0 Å². The lowest BCUT2D eigenvalue weighted by Crippen LogP contribution is -2.53. The molecule has 1 fully saturated rings. The standard InChI is InChI=1S/C11H24N2O/c1-9(10-4-5-10)6-13-11(2,7-12)8-14-3/h9-10,13H,4-8,12H2,1-3H3. The number of hydrogen-bond donors (Lipinski definition) is 2. The van der Waals surface area contributed by atoms with Crippen LogP contribution in [0.1, 0.15) is 26.7 Å². The van der Waals surface area contributed by atoms with Gasteiger partial charge in [-0.05, 0) is 38.1 Å². The van der Waals surface area contributed by atoms with E-state index in [9.17, 15) is 0 Å². The van der Waals surface area contributed by atoms with E-state index >= 15 is 0 Å². The van der Waals surface area contributed by atoms with Gasteiger partial charge < -0.3 is 15.8 Å². The molecule has 0 spiro atoms. The monoisotopic (exact) mass is 200 g/mol. The van der Waals surface area contributed by atoms with Crippen molar-refractivity contribution < 1.29 is 4.74 Å². The highest BCUT2D eigenvalue weighted by molar-refractivity contribution is 4.87. The van der Waals surface area contributed by atoms with Crippen molar-refractivity contribution in [2.75, 3.05) is 26.8 Å². The van der Waals surface area contributed by atoms with Gasteiger partial charge in [0.1, 0.15) is 0 Å². The molecule has 0 aromatic rings. The maximum absolute atomic E-state index is 5.73. The third-order valence-electron chi connectivity index (χ3n) is 3.19. The van der Waals surface area contributed by atoms with Gasteiger partial charge in [0, 0.05) is 13.7 Å². The summed E-state index contributed by atoms with van der Waals surface area (Å²) in [5.41, 5.74) is 5.67. The SMILES string of the molecule is COCC(C)(CN)NCC(C)C1CC1. The number of nitrogens with two attached hydrogens (primary N) is 1. The van der Waals surface area contributed by atoms with Crippen molar-refractivity contribution in [1.82, 2.24) is 5.32 Å². The number of nitrogens with one attached hydrogen (secondary N) is 1. The molecule has 0 aromatic carbocycles. The Kier molecular flexibility index (Phi) is 4.35. The van der Waals surface area contributed by atoms with E-state index in [1.54, 1.807) is 7.11 Å². The fourth-order valence-electron chi connectivity index (χ4n) is 1.74. The highest BCUT2D eigenvalue weighted by Gasteiger charge is 2.30. The first-order valence-corrected chi connectivity index (χ1v) is 5.55. The van der Waals surface area contributed by atoms with Crippen molar-refractivity contribution in [2.45, 2.75) is 32.2 Å². The third-order valence-corrected chi connectivity index (χ3v) is 3.19. The number of rotatable bonds is 7. The Morgan fingerprint density at radius 1 is 1.57 bits per heavy atom. The molecule has 84 valence electrons. The molecule has 1 aliphatic carbocycles. The lowest BCUT2D eigenvalue weighted by Gasteiger charge is -2.30. The molecule has 0 aromatic heterocycles. The second-order valence-electron chi connectivity index (χ2n) is 4.89. The van der Waals surface area contributed by atoms with Crippen LogP contribution in [-0.4, -0.2) is 32.3 Å². The van der Waals surface area contributed by atoms with E-state index in [2.05, 4.69) is 19.2 Å². The highest BCUT2D eigenvalue weighted by atomic mass is 16.5. The molecule has 1 aliphatic rings. The molecule has 0 heterocycles. The Hall–Kier alpha value is -0.120. The first-order valence-electron chi connectivity index (χ1n) is 5.55. The number of ether oxygens (including phenoxy) is 1. The summed E-state index contributed by atoms with van der Waals surface area (Å²) in [7, 11) is 1.72. The third kappa shape index (κ3) is 3.56. The maximum Gasteiger partial charge on any atom is 0.0654 e. The molecule has 14 heavy (non-hydrogen) atoms. The average Bonchev–Trinajstić information content (AvgIpc) is 2.98. The zero-order valence-corrected chi connectivity index (χ0v) is 9.68. The molecule has 0 saturated heterocycles. The predicted octanol–water partition coefficient (Wildman–Crippen LogP) is 0.986. The molecular weight excluding hydrogens is 176 g/mol. The topological polar surface area (TPSA) is 47.3 Å². The van der Waals surface area contributed by atoms with Crippen LogP contribution in [-0.2, 0) is 4.74 Å². The Bertz CT molecular complexity index is 171. The smallest absolute Gasteiger partial charge is 0.0654 e. The highest BCUT2D eigenvalue weighted by Crippen LogP contribution is 2.36. The van der Waals surface area contributed by atoms with Crippen molar-refractivity contribution in [3.63, 3.8) is 0 Å². The van der Waals surface area contributed by atoms with Gasteiger partial charge in [0.05, 0.1) is 12.1 Å². The minimum atomic E-state index is -0.0576. The Labute approximate surface area is 87.4 Å². The molecule has 0 radical (unpaired) electrons. The van der Waals surface area contributed by atoms with Crippen LogP contribution < -0.4 is 11.1 Å². The van der Waals surface area contributed by atoms with E-state index in [1.807, 2.05) is 0 Å². The van der Waals surface area contributed by atoms with Gasteiger partial charge in [-0.15, -0.1) is 0 Å². The summed E-state index contributed by atoms with van der Waals surface area (Å²) in [5.74, 6) is 1.73. The van der Waals surface area contributed by atoms with Crippen molar-refractivity contribution in [3.8, 4) is 0 Å². The number of hydrogen-bond acceptors (Lipinski definition) is 3. The summed E-state index contributed by atoms with van der Waals surface area (Å²) < 4.78 is 5.16. The lowest BCUT2D eigenvalue weighted by atomic mass is 10.0. The molecule has 2 unspecified atom stereocenters. The normalized spacial score (nSPS) is 23.1. The zero-order chi connectivity index (χ0) is 10.6. The fraction of sp³-hybridized carbons (Fsp3) is 1.00. The molecule has 1 saturated carbocycles. The summed E-state index contributed by atoms with van der Waals surface area (Å²) in [6, 6.07) is 0. The second kappa shape index (κ2) is 5.10. The van der Waals surface area contributed by atoms with Crippen molar-refractivity contribution >= 4 is 0 Å². The van der Waals surface area contributed by atoms with Crippen LogP contribution in [0.3, 0.4) is 0 Å². The lowest BCUT2D eigenvalue weighted by molar-refractivity contribution is 0.119. The van der Waals surface area contributed by atoms with E-state index in [0.717, 1.165) is 18.4 Å². The van der Waals surface area contributed by atoms with Gasteiger partial charge in [0.15, 0.2) is 0 Å². The summed E-state index contributed by atoms with van der Waals surface area (Å²) >= 11 is 0. The van der Waals surface area contributed by atoms with Crippen molar-refractivity contribution in [2.24, 2.45) is 17.6 Å². The molecule has 1 rings (SSSR count). The van der Waals surface area contributed by atoms with Gasteiger partial charge in [0.2, 0.25) is 0 Å². The van der Waals surface area contributed by atoms with E-state index in [-0.39, 0.29) is 5.54 Å². The molecule has 3 heteroatoms. The van der Waals surface area contributed by atoms with Gasteiger partial charge in [-0.25, -0.2) is 0 Å². The molecule has 2 atom stereocenters. The zero-order valence-electron chi connectivity index (χ0n) is 9.68. The van der Waals surface area contributed by atoms with E-state index in [4.69, 9.17) is 10.5 Å². The fourth-order valence-corrected chi connectivity index (χ4v) is 1.74. The van der Waals surface area contributed by atoms with Crippen LogP contribution in [0.25, 0.3) is 0 Å². The van der Waals surface area contributed by atoms with Gasteiger partial charge in [-0.3, -0.25) is 0 Å². The van der Waals surface area contributed by atoms with Crippen LogP contribution in [0.2, 0.25) is 0 Å². The van der Waals surface area contributed by atoms with E-state index in [1.165, 1.54) is 12.8 Å². The molecule has 3 nitrogen and oxygen atoms in total. The van der Waals surface area contributed by atoms with Gasteiger partial charge in [-0.1, -0.05) is 6.92 Å². The van der Waals surface area contributed by atoms with Gasteiger partial charge in [-0.2, -0.15) is 0 Å². The summed E-state index contributed by atoms with van der Waals surface area (Å²) in [6.45, 7) is 6.80. The van der Waals surface area contributed by atoms with Gasteiger partial charge in [0.25, 0.3) is 0 Å². The molecule has 0 amide bonds. The first kappa shape index (κ1) is 12.0. The van der Waals surface area contributed by atoms with Crippen LogP contribution >= 0.6 is 0 Å². The van der Waals surface area contributed by atoms with Crippen molar-refractivity contribution in [1.29, 1.82) is 0 Å². The minimum Gasteiger partial charge on any atom is -0.383 e. The van der Waals surface area contributed by atoms with E-state index < -0.39 is 0 Å². The average molecular weight is 200 g/mol. The minimum absolute atomic E-state index is 0.0576. The summed E-state index contributed by atoms with van der Waals surface area (Å²) in [6.07, 6.45) is 2.82. The van der Waals surface area contributed by atoms with Crippen molar-refractivity contribution in [3.05, 3.63) is 0 Å². The Balaban J connectivity index is 2.24. The Morgan fingerprint density at radius 2 is 2.21 bits per heavy atom. The molecular formula is C11H24N2O.